The van der Waals surface area contributed by atoms with Gasteiger partial charge in [-0.1, -0.05) is 23.7 Å². The number of hydrogen-bond donors (Lipinski definition) is 1. The normalized spacial score (nSPS) is 21.6. The predicted molar refractivity (Wildman–Crippen MR) is 118 cm³/mol. The molecule has 1 aromatic heterocycles. The number of likely N-dealkylation sites (tertiary alicyclic amines) is 1. The van der Waals surface area contributed by atoms with Crippen molar-refractivity contribution in [3.63, 3.8) is 0 Å². The molecule has 0 unspecified atom stereocenters. The van der Waals surface area contributed by atoms with Crippen molar-refractivity contribution in [2.24, 2.45) is 0 Å². The zero-order chi connectivity index (χ0) is 22.4. The molecule has 2 aliphatic rings. The van der Waals surface area contributed by atoms with Crippen molar-refractivity contribution in [1.29, 1.82) is 0 Å². The van der Waals surface area contributed by atoms with Crippen LogP contribution in [0.5, 0.6) is 5.75 Å². The van der Waals surface area contributed by atoms with Gasteiger partial charge in [0.1, 0.15) is 23.4 Å². The summed E-state index contributed by atoms with van der Waals surface area (Å²) in [6.07, 6.45) is 2.27. The van der Waals surface area contributed by atoms with Crippen LogP contribution in [0.25, 0.3) is 5.76 Å². The molecule has 2 aliphatic heterocycles. The van der Waals surface area contributed by atoms with Crippen molar-refractivity contribution < 1.29 is 23.8 Å². The van der Waals surface area contributed by atoms with Gasteiger partial charge in [0.2, 0.25) is 0 Å². The van der Waals surface area contributed by atoms with Crippen LogP contribution in [-0.2, 0) is 22.6 Å². The lowest BCUT2D eigenvalue weighted by Crippen LogP contribution is -2.29. The topological polar surface area (TPSA) is 80.0 Å². The van der Waals surface area contributed by atoms with Crippen LogP contribution < -0.4 is 4.74 Å². The Morgan fingerprint density at radius 1 is 1.16 bits per heavy atom. The number of ether oxygens (including phenoxy) is 1. The maximum atomic E-state index is 13.1. The number of amides is 1. The molecular weight excluding hydrogens is 430 g/mol. The van der Waals surface area contributed by atoms with Gasteiger partial charge in [0.25, 0.3) is 11.7 Å². The maximum absolute atomic E-state index is 13.1. The molecule has 3 aromatic rings. The molecule has 2 atom stereocenters. The number of carbonyl (C=O) groups is 2. The predicted octanol–water partition coefficient (Wildman–Crippen LogP) is 4.88. The lowest BCUT2D eigenvalue weighted by molar-refractivity contribution is -0.140. The molecule has 1 N–H and O–H groups in total. The number of benzene rings is 2. The van der Waals surface area contributed by atoms with Crippen LogP contribution in [0.4, 0.5) is 0 Å². The van der Waals surface area contributed by atoms with Crippen molar-refractivity contribution in [3.05, 3.63) is 93.9 Å². The van der Waals surface area contributed by atoms with Gasteiger partial charge in [0, 0.05) is 17.0 Å². The van der Waals surface area contributed by atoms with Gasteiger partial charge in [-0.25, -0.2) is 0 Å². The first-order valence-electron chi connectivity index (χ1n) is 10.3. The number of halogens is 1. The van der Waals surface area contributed by atoms with Crippen LogP contribution in [-0.4, -0.2) is 27.8 Å². The summed E-state index contributed by atoms with van der Waals surface area (Å²) in [5.41, 5.74) is 2.06. The van der Waals surface area contributed by atoms with Gasteiger partial charge in [-0.05, 0) is 60.5 Å². The third kappa shape index (κ3) is 3.46. The number of Topliss-reactive ketones (excluding diaryl/α,β-unsaturated/α-hetero) is 1. The van der Waals surface area contributed by atoms with E-state index in [0.29, 0.717) is 28.3 Å². The van der Waals surface area contributed by atoms with E-state index in [2.05, 4.69) is 0 Å². The first-order chi connectivity index (χ1) is 15.4. The Morgan fingerprint density at radius 2 is 2.00 bits per heavy atom. The van der Waals surface area contributed by atoms with E-state index in [-0.39, 0.29) is 24.0 Å². The fraction of sp³-hybridized carbons (Fsp3) is 0.200. The van der Waals surface area contributed by atoms with E-state index in [4.69, 9.17) is 20.8 Å². The van der Waals surface area contributed by atoms with Gasteiger partial charge in [-0.2, -0.15) is 0 Å². The van der Waals surface area contributed by atoms with Crippen LogP contribution in [0, 0.1) is 0 Å². The molecule has 0 bridgehead atoms. The number of aliphatic hydroxyl groups excluding tert-OH is 1. The summed E-state index contributed by atoms with van der Waals surface area (Å²) in [4.78, 5) is 27.5. The Morgan fingerprint density at radius 3 is 2.75 bits per heavy atom. The number of rotatable bonds is 4. The van der Waals surface area contributed by atoms with E-state index in [9.17, 15) is 14.7 Å². The van der Waals surface area contributed by atoms with Gasteiger partial charge in [-0.15, -0.1) is 0 Å². The summed E-state index contributed by atoms with van der Waals surface area (Å²) < 4.78 is 11.1. The van der Waals surface area contributed by atoms with Gasteiger partial charge in [0.15, 0.2) is 0 Å². The Kier molecular flexibility index (Phi) is 5.02. The summed E-state index contributed by atoms with van der Waals surface area (Å²) >= 11 is 6.21. The molecule has 0 saturated carbocycles. The van der Waals surface area contributed by atoms with Crippen molar-refractivity contribution in [2.75, 3.05) is 0 Å². The highest BCUT2D eigenvalue weighted by Crippen LogP contribution is 2.41. The van der Waals surface area contributed by atoms with Crippen molar-refractivity contribution in [1.82, 2.24) is 4.90 Å². The maximum Gasteiger partial charge on any atom is 0.296 e. The summed E-state index contributed by atoms with van der Waals surface area (Å²) in [6, 6.07) is 14.9. The first kappa shape index (κ1) is 20.4. The Bertz CT molecular complexity index is 1250. The Balaban J connectivity index is 1.64. The number of hydrogen-bond acceptors (Lipinski definition) is 5. The molecule has 0 aliphatic carbocycles. The van der Waals surface area contributed by atoms with Gasteiger partial charge in [-0.3, -0.25) is 9.59 Å². The van der Waals surface area contributed by atoms with E-state index >= 15 is 0 Å². The number of aliphatic hydroxyl groups is 1. The number of fused-ring (bicyclic) bond motifs is 1. The minimum Gasteiger partial charge on any atom is -0.507 e. The molecule has 5 rings (SSSR count). The molecule has 6 nitrogen and oxygen atoms in total. The molecule has 0 radical (unpaired) electrons. The van der Waals surface area contributed by atoms with Crippen molar-refractivity contribution >= 4 is 29.1 Å². The number of furan rings is 1. The minimum absolute atomic E-state index is 0.0238. The summed E-state index contributed by atoms with van der Waals surface area (Å²) in [7, 11) is 0. The Labute approximate surface area is 189 Å². The van der Waals surface area contributed by atoms with Crippen LogP contribution in [0.15, 0.2) is 70.9 Å². The summed E-state index contributed by atoms with van der Waals surface area (Å²) in [6.45, 7) is 2.06. The van der Waals surface area contributed by atoms with E-state index in [0.717, 1.165) is 11.3 Å². The monoisotopic (exact) mass is 449 g/mol. The Hall–Kier alpha value is -3.51. The second-order valence-electron chi connectivity index (χ2n) is 8.02. The minimum atomic E-state index is -0.803. The quantitative estimate of drug-likeness (QED) is 0.349. The number of ketones is 1. The summed E-state index contributed by atoms with van der Waals surface area (Å²) in [5.74, 6) is -0.380. The lowest BCUT2D eigenvalue weighted by Gasteiger charge is -2.24. The van der Waals surface area contributed by atoms with Crippen LogP contribution in [0.3, 0.4) is 0 Å². The molecule has 1 amide bonds. The zero-order valence-corrected chi connectivity index (χ0v) is 18.0. The lowest BCUT2D eigenvalue weighted by atomic mass is 9.94. The average molecular weight is 450 g/mol. The standard InChI is InChI=1S/C25H20ClNO5/c1-14-10-17-11-16(7-8-20(17)32-14)23(28)21-22(15-4-2-5-18(26)12-15)27(25(30)24(21)29)13-19-6-3-9-31-19/h2-9,11-12,14,22,28H,10,13H2,1H3/b23-21+/t14-,22-/m0/s1. The largest absolute Gasteiger partial charge is 0.507 e. The van der Waals surface area contributed by atoms with E-state index in [1.165, 1.54) is 11.2 Å². The van der Waals surface area contributed by atoms with Gasteiger partial charge in [0.05, 0.1) is 24.4 Å². The molecule has 0 spiro atoms. The van der Waals surface area contributed by atoms with Gasteiger partial charge < -0.3 is 19.2 Å². The molecular formula is C25H20ClNO5. The SMILES string of the molecule is C[C@H]1Cc2cc(/C(O)=C3\C(=O)C(=O)N(Cc4ccco4)[C@H]3c3cccc(Cl)c3)ccc2O1. The van der Waals surface area contributed by atoms with Gasteiger partial charge >= 0.3 is 0 Å². The highest BCUT2D eigenvalue weighted by atomic mass is 35.5. The summed E-state index contributed by atoms with van der Waals surface area (Å²) in [5, 5.41) is 11.7. The highest BCUT2D eigenvalue weighted by molar-refractivity contribution is 6.46. The fourth-order valence-corrected chi connectivity index (χ4v) is 4.56. The second-order valence-corrected chi connectivity index (χ2v) is 8.45. The number of carbonyl (C=O) groups excluding carboxylic acids is 2. The molecule has 32 heavy (non-hydrogen) atoms. The average Bonchev–Trinajstić information content (AvgIpc) is 3.47. The van der Waals surface area contributed by atoms with Crippen LogP contribution in [0.1, 0.15) is 35.4 Å². The molecule has 162 valence electrons. The molecule has 3 heterocycles. The van der Waals surface area contributed by atoms with Crippen LogP contribution in [0.2, 0.25) is 5.02 Å². The van der Waals surface area contributed by atoms with Crippen molar-refractivity contribution in [2.45, 2.75) is 32.0 Å². The molecule has 7 heteroatoms. The zero-order valence-electron chi connectivity index (χ0n) is 17.2. The van der Waals surface area contributed by atoms with E-state index < -0.39 is 17.7 Å². The van der Waals surface area contributed by atoms with E-state index in [1.54, 1.807) is 48.5 Å². The fourth-order valence-electron chi connectivity index (χ4n) is 4.36. The van der Waals surface area contributed by atoms with Crippen molar-refractivity contribution in [3.8, 4) is 5.75 Å². The third-order valence-electron chi connectivity index (χ3n) is 5.78. The second kappa shape index (κ2) is 7.88. The third-order valence-corrected chi connectivity index (χ3v) is 6.02. The molecule has 1 fully saturated rings. The van der Waals surface area contributed by atoms with Crippen LogP contribution >= 0.6 is 11.6 Å². The number of nitrogens with zero attached hydrogens (tertiary/aromatic N) is 1. The molecule has 1 saturated heterocycles. The highest BCUT2D eigenvalue weighted by Gasteiger charge is 2.46. The first-order valence-corrected chi connectivity index (χ1v) is 10.7. The molecule has 2 aromatic carbocycles. The van der Waals surface area contributed by atoms with E-state index in [1.807, 2.05) is 13.0 Å². The smallest absolute Gasteiger partial charge is 0.296 e.